The van der Waals surface area contributed by atoms with Gasteiger partial charge in [-0.15, -0.1) is 0 Å². The van der Waals surface area contributed by atoms with Crippen LogP contribution in [0.1, 0.15) is 26.7 Å². The van der Waals surface area contributed by atoms with Crippen molar-refractivity contribution in [3.8, 4) is 16.9 Å². The molecule has 180 valence electrons. The number of aliphatic carboxylic acids is 1. The van der Waals surface area contributed by atoms with E-state index in [9.17, 15) is 14.2 Å². The van der Waals surface area contributed by atoms with Crippen LogP contribution in [0.4, 0.5) is 0 Å². The summed E-state index contributed by atoms with van der Waals surface area (Å²) in [7, 11) is -3.43. The fourth-order valence-electron chi connectivity index (χ4n) is 2.87. The standard InChI is InChI=1S/C17H15O6P.C6H14O3/c18-16(19)9-10-17(20)22-11-24(21)15-8-4-2-6-13(15)12-5-1-3-7-14(12)23-24;1-5(8)4-9-6(2)3-7/h1-8H,9-11H2,(H,18,19);5-8H,3-4H2,1-2H3. The van der Waals surface area contributed by atoms with Crippen LogP contribution in [0.5, 0.6) is 5.75 Å². The van der Waals surface area contributed by atoms with Crippen LogP contribution in [0, 0.1) is 0 Å². The molecule has 0 saturated carbocycles. The highest BCUT2D eigenvalue weighted by molar-refractivity contribution is 7.67. The molecule has 0 aliphatic carbocycles. The van der Waals surface area contributed by atoms with Gasteiger partial charge in [0.2, 0.25) is 0 Å². The minimum absolute atomic E-state index is 0.00667. The first-order valence-corrected chi connectivity index (χ1v) is 12.2. The average molecular weight is 480 g/mol. The minimum atomic E-state index is -3.43. The maximum atomic E-state index is 13.2. The third-order valence-corrected chi connectivity index (χ3v) is 6.60. The van der Waals surface area contributed by atoms with E-state index in [2.05, 4.69) is 0 Å². The first-order valence-electron chi connectivity index (χ1n) is 10.4. The number of para-hydroxylation sites is 1. The molecule has 0 radical (unpaired) electrons. The molecule has 0 bridgehead atoms. The quantitative estimate of drug-likeness (QED) is 0.365. The van der Waals surface area contributed by atoms with Crippen molar-refractivity contribution >= 4 is 24.6 Å². The van der Waals surface area contributed by atoms with Crippen LogP contribution in [0.3, 0.4) is 0 Å². The monoisotopic (exact) mass is 480 g/mol. The second kappa shape index (κ2) is 12.5. The number of aliphatic hydroxyl groups is 2. The van der Waals surface area contributed by atoms with Crippen LogP contribution >= 0.6 is 7.37 Å². The highest BCUT2D eigenvalue weighted by Crippen LogP contribution is 2.54. The summed E-state index contributed by atoms with van der Waals surface area (Å²) >= 11 is 0. The van der Waals surface area contributed by atoms with Crippen molar-refractivity contribution in [3.63, 3.8) is 0 Å². The van der Waals surface area contributed by atoms with Gasteiger partial charge in [0.15, 0.2) is 6.35 Å². The molecule has 0 amide bonds. The van der Waals surface area contributed by atoms with E-state index in [0.717, 1.165) is 11.1 Å². The number of carbonyl (C=O) groups excluding carboxylic acids is 1. The van der Waals surface area contributed by atoms with Crippen LogP contribution in [0.2, 0.25) is 0 Å². The van der Waals surface area contributed by atoms with Crippen LogP contribution in [-0.4, -0.2) is 59.0 Å². The van der Waals surface area contributed by atoms with Crippen molar-refractivity contribution < 1.29 is 43.5 Å². The minimum Gasteiger partial charge on any atom is -0.481 e. The highest BCUT2D eigenvalue weighted by Gasteiger charge is 2.37. The Balaban J connectivity index is 0.000000365. The maximum Gasteiger partial charge on any atom is 0.314 e. The van der Waals surface area contributed by atoms with Crippen LogP contribution in [0.15, 0.2) is 48.5 Å². The Morgan fingerprint density at radius 1 is 1.03 bits per heavy atom. The van der Waals surface area contributed by atoms with Crippen LogP contribution in [0.25, 0.3) is 11.1 Å². The second-order valence-electron chi connectivity index (χ2n) is 7.49. The van der Waals surface area contributed by atoms with Gasteiger partial charge in [-0.1, -0.05) is 36.4 Å². The zero-order chi connectivity index (χ0) is 24.4. The molecule has 10 heteroatoms. The molecule has 0 spiro atoms. The molecule has 3 rings (SSSR count). The molecule has 0 saturated heterocycles. The zero-order valence-electron chi connectivity index (χ0n) is 18.5. The van der Waals surface area contributed by atoms with E-state index >= 15 is 0 Å². The molecular formula is C23H29O9P. The smallest absolute Gasteiger partial charge is 0.314 e. The van der Waals surface area contributed by atoms with Gasteiger partial charge in [-0.3, -0.25) is 14.2 Å². The molecule has 3 unspecified atom stereocenters. The number of carbonyl (C=O) groups is 2. The van der Waals surface area contributed by atoms with Crippen molar-refractivity contribution in [3.05, 3.63) is 48.5 Å². The van der Waals surface area contributed by atoms with Gasteiger partial charge < -0.3 is 29.3 Å². The molecule has 0 aromatic heterocycles. The van der Waals surface area contributed by atoms with E-state index in [1.165, 1.54) is 0 Å². The van der Waals surface area contributed by atoms with Gasteiger partial charge in [0.25, 0.3) is 0 Å². The lowest BCUT2D eigenvalue weighted by atomic mass is 10.0. The predicted octanol–water partition coefficient (Wildman–Crippen LogP) is 2.78. The molecular weight excluding hydrogens is 451 g/mol. The highest BCUT2D eigenvalue weighted by atomic mass is 31.2. The lowest BCUT2D eigenvalue weighted by molar-refractivity contribution is -0.146. The van der Waals surface area contributed by atoms with Gasteiger partial charge in [-0.2, -0.15) is 0 Å². The van der Waals surface area contributed by atoms with E-state index in [1.807, 2.05) is 24.3 Å². The van der Waals surface area contributed by atoms with Crippen molar-refractivity contribution in [1.29, 1.82) is 0 Å². The van der Waals surface area contributed by atoms with Crippen molar-refractivity contribution in [2.24, 2.45) is 0 Å². The summed E-state index contributed by atoms with van der Waals surface area (Å²) in [6.45, 7) is 3.70. The summed E-state index contributed by atoms with van der Waals surface area (Å²) in [4.78, 5) is 22.1. The molecule has 3 atom stereocenters. The first-order chi connectivity index (χ1) is 15.7. The Hall–Kier alpha value is -2.71. The van der Waals surface area contributed by atoms with Gasteiger partial charge in [0.1, 0.15) is 5.75 Å². The Morgan fingerprint density at radius 3 is 2.30 bits per heavy atom. The number of fused-ring (bicyclic) bond motifs is 3. The third kappa shape index (κ3) is 7.98. The maximum absolute atomic E-state index is 13.2. The van der Waals surface area contributed by atoms with Crippen molar-refractivity contribution in [2.75, 3.05) is 19.6 Å². The fourth-order valence-corrected chi connectivity index (χ4v) is 4.82. The average Bonchev–Trinajstić information content (AvgIpc) is 2.80. The third-order valence-electron chi connectivity index (χ3n) is 4.51. The summed E-state index contributed by atoms with van der Waals surface area (Å²) in [6, 6.07) is 14.3. The Labute approximate surface area is 192 Å². The summed E-state index contributed by atoms with van der Waals surface area (Å²) in [5, 5.41) is 26.2. The molecule has 2 aromatic rings. The Bertz CT molecular complexity index is 989. The Morgan fingerprint density at radius 2 is 1.67 bits per heavy atom. The predicted molar refractivity (Wildman–Crippen MR) is 122 cm³/mol. The molecule has 1 aliphatic rings. The molecule has 0 fully saturated rings. The lowest BCUT2D eigenvalue weighted by Gasteiger charge is -2.28. The van der Waals surface area contributed by atoms with E-state index in [-0.39, 0.29) is 25.6 Å². The first kappa shape index (κ1) is 26.5. The molecule has 33 heavy (non-hydrogen) atoms. The van der Waals surface area contributed by atoms with Crippen molar-refractivity contribution in [1.82, 2.24) is 0 Å². The van der Waals surface area contributed by atoms with Gasteiger partial charge in [0.05, 0.1) is 43.6 Å². The largest absolute Gasteiger partial charge is 0.481 e. The molecule has 9 nitrogen and oxygen atoms in total. The second-order valence-corrected chi connectivity index (χ2v) is 9.76. The van der Waals surface area contributed by atoms with Gasteiger partial charge in [0, 0.05) is 5.56 Å². The number of ether oxygens (including phenoxy) is 2. The lowest BCUT2D eigenvalue weighted by Crippen LogP contribution is -2.22. The molecule has 1 aliphatic heterocycles. The van der Waals surface area contributed by atoms with Gasteiger partial charge in [-0.25, -0.2) is 0 Å². The summed E-state index contributed by atoms with van der Waals surface area (Å²) in [5.41, 5.74) is 1.61. The summed E-state index contributed by atoms with van der Waals surface area (Å²) < 4.78 is 28.9. The normalized spacial score (nSPS) is 17.8. The van der Waals surface area contributed by atoms with Crippen molar-refractivity contribution in [2.45, 2.75) is 38.9 Å². The fraction of sp³-hybridized carbons (Fsp3) is 0.391. The number of rotatable bonds is 9. The number of esters is 1. The SMILES string of the molecule is CC(O)COC(C)CO.O=C(O)CCC(=O)OCP1(=O)Oc2ccccc2-c2ccccc21. The Kier molecular flexibility index (Phi) is 10.1. The van der Waals surface area contributed by atoms with E-state index in [4.69, 9.17) is 29.3 Å². The molecule has 1 heterocycles. The van der Waals surface area contributed by atoms with Crippen LogP contribution < -0.4 is 9.83 Å². The zero-order valence-corrected chi connectivity index (χ0v) is 19.4. The summed E-state index contributed by atoms with van der Waals surface area (Å²) in [6.07, 6.45) is -1.63. The number of carboxylic acids is 1. The van der Waals surface area contributed by atoms with E-state index < -0.39 is 31.8 Å². The molecule has 3 N–H and O–H groups in total. The molecule has 2 aromatic carbocycles. The number of benzene rings is 2. The number of hydrogen-bond donors (Lipinski definition) is 3. The number of hydrogen-bond acceptors (Lipinski definition) is 8. The van der Waals surface area contributed by atoms with E-state index in [1.54, 1.807) is 38.1 Å². The number of aliphatic hydroxyl groups excluding tert-OH is 2. The topological polar surface area (TPSA) is 140 Å². The number of carboxylic acid groups (broad SMARTS) is 1. The van der Waals surface area contributed by atoms with Gasteiger partial charge in [-0.05, 0) is 31.5 Å². The summed E-state index contributed by atoms with van der Waals surface area (Å²) in [5.74, 6) is -1.33. The van der Waals surface area contributed by atoms with Crippen LogP contribution in [-0.2, 0) is 23.6 Å². The van der Waals surface area contributed by atoms with Gasteiger partial charge >= 0.3 is 19.3 Å². The van der Waals surface area contributed by atoms with E-state index in [0.29, 0.717) is 17.7 Å².